The molecule has 4 heterocycles. The van der Waals surface area contributed by atoms with Crippen molar-refractivity contribution in [1.29, 1.82) is 0 Å². The molecule has 1 amide bonds. The molecule has 1 N–H and O–H groups in total. The molecule has 1 aromatic carbocycles. The fourth-order valence-corrected chi connectivity index (χ4v) is 6.64. The second-order valence-corrected chi connectivity index (χ2v) is 11.0. The van der Waals surface area contributed by atoms with Gasteiger partial charge in [-0.15, -0.1) is 15.7 Å². The summed E-state index contributed by atoms with van der Waals surface area (Å²) in [5, 5.41) is 6.48. The van der Waals surface area contributed by atoms with Crippen molar-refractivity contribution in [2.75, 3.05) is 23.7 Å². The molecule has 0 bridgehead atoms. The van der Waals surface area contributed by atoms with Crippen LogP contribution in [0.5, 0.6) is 0 Å². The van der Waals surface area contributed by atoms with Crippen LogP contribution < -0.4 is 10.2 Å². The molecule has 2 aromatic heterocycles. The van der Waals surface area contributed by atoms with Crippen LogP contribution in [0.2, 0.25) is 0 Å². The van der Waals surface area contributed by atoms with Crippen LogP contribution in [-0.2, 0) is 16.4 Å². The van der Waals surface area contributed by atoms with Gasteiger partial charge in [-0.05, 0) is 48.5 Å². The number of fused-ring (bicyclic) bond motifs is 3. The predicted octanol–water partition coefficient (Wildman–Crippen LogP) is 3.18. The minimum absolute atomic E-state index is 0.00187. The summed E-state index contributed by atoms with van der Waals surface area (Å²) in [6, 6.07) is 9.29. The van der Waals surface area contributed by atoms with E-state index in [0.717, 1.165) is 39.7 Å². The van der Waals surface area contributed by atoms with Crippen molar-refractivity contribution < 1.29 is 13.2 Å². The SMILES string of the molecule is O=C(NCCCc1nc(-c2ccncc2)cs1)c1ccc2c(c1)SC1=NS(=O)(=O)CCN12. The summed E-state index contributed by atoms with van der Waals surface area (Å²) in [6.45, 7) is 0.927. The smallest absolute Gasteiger partial charge is 0.257 e. The van der Waals surface area contributed by atoms with Crippen molar-refractivity contribution in [3.63, 3.8) is 0 Å². The van der Waals surface area contributed by atoms with E-state index >= 15 is 0 Å². The number of amidine groups is 1. The number of carbonyl (C=O) groups is 1. The second-order valence-electron chi connectivity index (χ2n) is 7.32. The average molecular weight is 486 g/mol. The van der Waals surface area contributed by atoms with Crippen molar-refractivity contribution in [3.8, 4) is 11.3 Å². The number of hydrogen-bond acceptors (Lipinski definition) is 8. The van der Waals surface area contributed by atoms with Crippen LogP contribution in [-0.4, -0.2) is 48.3 Å². The number of benzene rings is 1. The van der Waals surface area contributed by atoms with Gasteiger partial charge in [-0.3, -0.25) is 9.78 Å². The molecule has 0 atom stereocenters. The lowest BCUT2D eigenvalue weighted by Crippen LogP contribution is -2.35. The number of hydrogen-bond donors (Lipinski definition) is 1. The first-order chi connectivity index (χ1) is 15.5. The number of nitrogens with zero attached hydrogens (tertiary/aromatic N) is 4. The first kappa shape index (κ1) is 21.1. The largest absolute Gasteiger partial charge is 0.352 e. The Morgan fingerprint density at radius 3 is 2.88 bits per heavy atom. The van der Waals surface area contributed by atoms with Crippen LogP contribution in [0.4, 0.5) is 5.69 Å². The zero-order valence-electron chi connectivity index (χ0n) is 16.9. The number of aromatic nitrogens is 2. The molecule has 0 saturated heterocycles. The van der Waals surface area contributed by atoms with Crippen molar-refractivity contribution in [3.05, 3.63) is 58.7 Å². The minimum Gasteiger partial charge on any atom is -0.352 e. The van der Waals surface area contributed by atoms with Crippen LogP contribution in [0.3, 0.4) is 0 Å². The summed E-state index contributed by atoms with van der Waals surface area (Å²) in [6.07, 6.45) is 5.08. The van der Waals surface area contributed by atoms with Gasteiger partial charge in [-0.2, -0.15) is 0 Å². The molecule has 164 valence electrons. The third-order valence-corrected chi connectivity index (χ3v) is 8.33. The van der Waals surface area contributed by atoms with E-state index in [1.807, 2.05) is 28.5 Å². The molecule has 2 aliphatic heterocycles. The third kappa shape index (κ3) is 4.41. The van der Waals surface area contributed by atoms with Gasteiger partial charge in [-0.1, -0.05) is 0 Å². The van der Waals surface area contributed by atoms with Gasteiger partial charge in [-0.25, -0.2) is 13.4 Å². The van der Waals surface area contributed by atoms with Gasteiger partial charge < -0.3 is 10.2 Å². The van der Waals surface area contributed by atoms with E-state index in [-0.39, 0.29) is 11.7 Å². The molecule has 0 radical (unpaired) electrons. The minimum atomic E-state index is -3.39. The van der Waals surface area contributed by atoms with Crippen molar-refractivity contribution in [2.45, 2.75) is 17.7 Å². The third-order valence-electron chi connectivity index (χ3n) is 5.12. The van der Waals surface area contributed by atoms with Gasteiger partial charge in [0.2, 0.25) is 0 Å². The maximum Gasteiger partial charge on any atom is 0.257 e. The van der Waals surface area contributed by atoms with E-state index < -0.39 is 10.0 Å². The van der Waals surface area contributed by atoms with E-state index in [0.29, 0.717) is 23.8 Å². The van der Waals surface area contributed by atoms with Crippen LogP contribution >= 0.6 is 23.1 Å². The normalized spacial score (nSPS) is 16.2. The van der Waals surface area contributed by atoms with Gasteiger partial charge in [0.25, 0.3) is 15.9 Å². The zero-order chi connectivity index (χ0) is 22.1. The number of sulfonamides is 1. The Balaban J connectivity index is 1.16. The van der Waals surface area contributed by atoms with Crippen LogP contribution in [0.1, 0.15) is 21.8 Å². The number of rotatable bonds is 6. The van der Waals surface area contributed by atoms with E-state index in [4.69, 9.17) is 0 Å². The summed E-state index contributed by atoms with van der Waals surface area (Å²) in [5.41, 5.74) is 3.44. The average Bonchev–Trinajstić information content (AvgIpc) is 3.40. The van der Waals surface area contributed by atoms with E-state index in [2.05, 4.69) is 19.7 Å². The molecule has 3 aromatic rings. The van der Waals surface area contributed by atoms with Gasteiger partial charge in [0.15, 0.2) is 5.17 Å². The van der Waals surface area contributed by atoms with Gasteiger partial charge >= 0.3 is 0 Å². The topological polar surface area (TPSA) is 105 Å². The standard InChI is InChI=1S/C21H19N5O3S3/c27-20(23-7-1-2-19-24-16(13-30-19)14-5-8-22-9-6-14)15-3-4-17-18(12-15)31-21-25-32(28,29)11-10-26(17)21/h3-6,8-9,12-13H,1-2,7,10-11H2,(H,23,27). The highest BCUT2D eigenvalue weighted by Gasteiger charge is 2.33. The summed E-state index contributed by atoms with van der Waals surface area (Å²) >= 11 is 2.90. The van der Waals surface area contributed by atoms with E-state index in [1.54, 1.807) is 35.9 Å². The molecule has 11 heteroatoms. The molecule has 0 saturated carbocycles. The van der Waals surface area contributed by atoms with Crippen LogP contribution in [0, 0.1) is 0 Å². The van der Waals surface area contributed by atoms with E-state index in [1.165, 1.54) is 11.8 Å². The number of anilines is 1. The Kier molecular flexibility index (Phi) is 5.70. The zero-order valence-corrected chi connectivity index (χ0v) is 19.3. The molecule has 0 fully saturated rings. The van der Waals surface area contributed by atoms with Gasteiger partial charge in [0.05, 0.1) is 22.1 Å². The first-order valence-electron chi connectivity index (χ1n) is 10.0. The predicted molar refractivity (Wildman–Crippen MR) is 127 cm³/mol. The quantitative estimate of drug-likeness (QED) is 0.535. The number of carbonyl (C=O) groups excluding carboxylic acids is 1. The Hall–Kier alpha value is -2.76. The molecule has 5 rings (SSSR count). The molecule has 0 aliphatic carbocycles. The first-order valence-corrected chi connectivity index (χ1v) is 13.3. The summed E-state index contributed by atoms with van der Waals surface area (Å²) < 4.78 is 27.3. The Bertz CT molecular complexity index is 1310. The second kappa shape index (κ2) is 8.64. The Morgan fingerprint density at radius 2 is 2.03 bits per heavy atom. The maximum absolute atomic E-state index is 12.6. The van der Waals surface area contributed by atoms with E-state index in [9.17, 15) is 13.2 Å². The van der Waals surface area contributed by atoms with Crippen molar-refractivity contribution in [2.24, 2.45) is 4.40 Å². The summed E-state index contributed by atoms with van der Waals surface area (Å²) in [4.78, 5) is 24.0. The maximum atomic E-state index is 12.6. The molecule has 8 nitrogen and oxygen atoms in total. The molecular weight excluding hydrogens is 466 g/mol. The van der Waals surface area contributed by atoms with Crippen LogP contribution in [0.15, 0.2) is 57.4 Å². The summed E-state index contributed by atoms with van der Waals surface area (Å²) in [5.74, 6) is -0.147. The highest BCUT2D eigenvalue weighted by Crippen LogP contribution is 2.42. The molecule has 2 aliphatic rings. The number of thiazole rings is 1. The lowest BCUT2D eigenvalue weighted by Gasteiger charge is -2.22. The number of nitrogens with one attached hydrogen (secondary N) is 1. The van der Waals surface area contributed by atoms with Gasteiger partial charge in [0.1, 0.15) is 0 Å². The molecule has 32 heavy (non-hydrogen) atoms. The Labute approximate surface area is 193 Å². The highest BCUT2D eigenvalue weighted by molar-refractivity contribution is 8.15. The van der Waals surface area contributed by atoms with Crippen LogP contribution in [0.25, 0.3) is 11.3 Å². The lowest BCUT2D eigenvalue weighted by molar-refractivity contribution is 0.0953. The lowest BCUT2D eigenvalue weighted by atomic mass is 10.1. The number of pyridine rings is 1. The Morgan fingerprint density at radius 1 is 1.19 bits per heavy atom. The number of amides is 1. The summed E-state index contributed by atoms with van der Waals surface area (Å²) in [7, 11) is -3.39. The fourth-order valence-electron chi connectivity index (χ4n) is 3.50. The van der Waals surface area contributed by atoms with Crippen molar-refractivity contribution >= 4 is 49.9 Å². The monoisotopic (exact) mass is 485 g/mol. The van der Waals surface area contributed by atoms with Gasteiger partial charge in [0, 0.05) is 53.3 Å². The highest BCUT2D eigenvalue weighted by atomic mass is 32.2. The fraction of sp³-hybridized carbons (Fsp3) is 0.238. The van der Waals surface area contributed by atoms with Crippen molar-refractivity contribution in [1.82, 2.24) is 15.3 Å². The molecule has 0 unspecified atom stereocenters. The molecular formula is C21H19N5O3S3. The molecule has 0 spiro atoms. The number of aryl methyl sites for hydroxylation is 1. The number of thioether (sulfide) groups is 1.